The second-order valence-corrected chi connectivity index (χ2v) is 6.07. The standard InChI is InChI=1S/C11H13N5O3S/c17-20(18,8-3-1-5-12-7-8)16-11-15-14-10(19-11)9-4-2-6-13-9/h1,3,5,7,9,13H,2,4,6H2,(H,15,16). The molecular weight excluding hydrogens is 282 g/mol. The fourth-order valence-electron chi connectivity index (χ4n) is 1.99. The van der Waals surface area contributed by atoms with E-state index in [9.17, 15) is 8.42 Å². The molecule has 1 atom stereocenters. The molecule has 1 unspecified atom stereocenters. The molecule has 0 bridgehead atoms. The molecule has 8 nitrogen and oxygen atoms in total. The van der Waals surface area contributed by atoms with Gasteiger partial charge in [0.05, 0.1) is 6.04 Å². The number of sulfonamides is 1. The molecular formula is C11H13N5O3S. The Morgan fingerprint density at radius 2 is 2.30 bits per heavy atom. The second kappa shape index (κ2) is 5.17. The van der Waals surface area contributed by atoms with E-state index in [1.54, 1.807) is 0 Å². The third-order valence-corrected chi connectivity index (χ3v) is 4.27. The van der Waals surface area contributed by atoms with Crippen molar-refractivity contribution in [1.82, 2.24) is 20.5 Å². The number of nitrogens with one attached hydrogen (secondary N) is 2. The van der Waals surface area contributed by atoms with Gasteiger partial charge in [0.1, 0.15) is 4.90 Å². The van der Waals surface area contributed by atoms with Gasteiger partial charge in [-0.2, -0.15) is 0 Å². The lowest BCUT2D eigenvalue weighted by Gasteiger charge is -2.04. The predicted octanol–water partition coefficient (Wildman–Crippen LogP) is 0.690. The molecule has 1 aliphatic heterocycles. The maximum absolute atomic E-state index is 12.0. The van der Waals surface area contributed by atoms with E-state index in [4.69, 9.17) is 4.42 Å². The van der Waals surface area contributed by atoms with Crippen molar-refractivity contribution in [2.75, 3.05) is 11.3 Å². The molecule has 0 radical (unpaired) electrons. The van der Waals surface area contributed by atoms with Crippen molar-refractivity contribution < 1.29 is 12.8 Å². The average Bonchev–Trinajstić information content (AvgIpc) is 3.10. The van der Waals surface area contributed by atoms with Crippen molar-refractivity contribution >= 4 is 16.0 Å². The molecule has 9 heteroatoms. The van der Waals surface area contributed by atoms with Crippen LogP contribution in [0.5, 0.6) is 0 Å². The normalized spacial score (nSPS) is 19.1. The molecule has 1 aliphatic rings. The summed E-state index contributed by atoms with van der Waals surface area (Å²) in [5.41, 5.74) is 0. The number of pyridine rings is 1. The molecule has 3 heterocycles. The summed E-state index contributed by atoms with van der Waals surface area (Å²) in [4.78, 5) is 3.81. The number of anilines is 1. The number of rotatable bonds is 4. The van der Waals surface area contributed by atoms with E-state index in [1.165, 1.54) is 24.5 Å². The number of hydrogen-bond donors (Lipinski definition) is 2. The van der Waals surface area contributed by atoms with Gasteiger partial charge in [0, 0.05) is 12.4 Å². The Kier molecular flexibility index (Phi) is 3.36. The van der Waals surface area contributed by atoms with Crippen LogP contribution in [0.25, 0.3) is 0 Å². The highest BCUT2D eigenvalue weighted by Crippen LogP contribution is 2.23. The fourth-order valence-corrected chi connectivity index (χ4v) is 2.88. The Morgan fingerprint density at radius 1 is 1.40 bits per heavy atom. The summed E-state index contributed by atoms with van der Waals surface area (Å²) < 4.78 is 31.6. The van der Waals surface area contributed by atoms with Crippen LogP contribution in [0.4, 0.5) is 6.01 Å². The largest absolute Gasteiger partial charge is 0.406 e. The van der Waals surface area contributed by atoms with Crippen molar-refractivity contribution in [3.63, 3.8) is 0 Å². The molecule has 20 heavy (non-hydrogen) atoms. The molecule has 106 valence electrons. The summed E-state index contributed by atoms with van der Waals surface area (Å²) in [6.45, 7) is 0.893. The fraction of sp³-hybridized carbons (Fsp3) is 0.364. The van der Waals surface area contributed by atoms with E-state index in [2.05, 4.69) is 25.2 Å². The number of hydrogen-bond acceptors (Lipinski definition) is 7. The highest BCUT2D eigenvalue weighted by Gasteiger charge is 2.24. The van der Waals surface area contributed by atoms with Crippen molar-refractivity contribution in [2.45, 2.75) is 23.8 Å². The van der Waals surface area contributed by atoms with Crippen molar-refractivity contribution in [2.24, 2.45) is 0 Å². The zero-order chi connectivity index (χ0) is 14.0. The van der Waals surface area contributed by atoms with Gasteiger partial charge in [-0.3, -0.25) is 4.98 Å². The van der Waals surface area contributed by atoms with Gasteiger partial charge in [-0.05, 0) is 31.5 Å². The van der Waals surface area contributed by atoms with Crippen molar-refractivity contribution in [3.8, 4) is 0 Å². The molecule has 2 aromatic rings. The molecule has 1 fully saturated rings. The summed E-state index contributed by atoms with van der Waals surface area (Å²) in [6.07, 6.45) is 4.68. The van der Waals surface area contributed by atoms with E-state index in [1.807, 2.05) is 0 Å². The summed E-state index contributed by atoms with van der Waals surface area (Å²) in [7, 11) is -3.75. The lowest BCUT2D eigenvalue weighted by molar-refractivity contribution is 0.439. The zero-order valence-corrected chi connectivity index (χ0v) is 11.3. The molecule has 0 aliphatic carbocycles. The first kappa shape index (κ1) is 13.0. The van der Waals surface area contributed by atoms with Crippen LogP contribution >= 0.6 is 0 Å². The van der Waals surface area contributed by atoms with E-state index in [0.29, 0.717) is 5.89 Å². The van der Waals surface area contributed by atoms with Gasteiger partial charge >= 0.3 is 6.01 Å². The van der Waals surface area contributed by atoms with Crippen molar-refractivity contribution in [1.29, 1.82) is 0 Å². The van der Waals surface area contributed by atoms with Crippen LogP contribution in [-0.4, -0.2) is 30.1 Å². The van der Waals surface area contributed by atoms with Gasteiger partial charge < -0.3 is 9.73 Å². The second-order valence-electron chi connectivity index (χ2n) is 4.39. The minimum atomic E-state index is -3.75. The quantitative estimate of drug-likeness (QED) is 0.853. The molecule has 0 saturated carbocycles. The Balaban J connectivity index is 1.78. The van der Waals surface area contributed by atoms with E-state index >= 15 is 0 Å². The van der Waals surface area contributed by atoms with Crippen LogP contribution in [0.15, 0.2) is 33.8 Å². The summed E-state index contributed by atoms with van der Waals surface area (Å²) in [5.74, 6) is 0.395. The van der Waals surface area contributed by atoms with Crippen LogP contribution in [0.3, 0.4) is 0 Å². The number of nitrogens with zero attached hydrogens (tertiary/aromatic N) is 3. The average molecular weight is 295 g/mol. The molecule has 2 aromatic heterocycles. The lowest BCUT2D eigenvalue weighted by Crippen LogP contribution is -2.13. The van der Waals surface area contributed by atoms with Crippen LogP contribution < -0.4 is 10.0 Å². The van der Waals surface area contributed by atoms with Gasteiger partial charge in [-0.25, -0.2) is 13.1 Å². The minimum Gasteiger partial charge on any atom is -0.406 e. The van der Waals surface area contributed by atoms with Gasteiger partial charge in [0.15, 0.2) is 0 Å². The minimum absolute atomic E-state index is 0.000791. The van der Waals surface area contributed by atoms with Gasteiger partial charge in [0.25, 0.3) is 10.0 Å². The topological polar surface area (TPSA) is 110 Å². The third kappa shape index (κ3) is 2.63. The van der Waals surface area contributed by atoms with E-state index in [-0.39, 0.29) is 17.0 Å². The first-order valence-corrected chi connectivity index (χ1v) is 7.63. The Hall–Kier alpha value is -2.00. The molecule has 0 spiro atoms. The summed E-state index contributed by atoms with van der Waals surface area (Å²) in [6, 6.07) is 2.83. The molecule has 2 N–H and O–H groups in total. The van der Waals surface area contributed by atoms with E-state index < -0.39 is 10.0 Å². The molecule has 0 amide bonds. The van der Waals surface area contributed by atoms with Gasteiger partial charge in [-0.15, -0.1) is 5.10 Å². The third-order valence-electron chi connectivity index (χ3n) is 2.97. The molecule has 0 aromatic carbocycles. The summed E-state index contributed by atoms with van der Waals surface area (Å²) >= 11 is 0. The van der Waals surface area contributed by atoms with Gasteiger partial charge in [-0.1, -0.05) is 5.10 Å². The highest BCUT2D eigenvalue weighted by molar-refractivity contribution is 7.92. The van der Waals surface area contributed by atoms with E-state index in [0.717, 1.165) is 19.4 Å². The van der Waals surface area contributed by atoms with Gasteiger partial charge in [0.2, 0.25) is 5.89 Å². The van der Waals surface area contributed by atoms with Crippen molar-refractivity contribution in [3.05, 3.63) is 30.4 Å². The summed E-state index contributed by atoms with van der Waals surface area (Å²) in [5, 5.41) is 10.8. The highest BCUT2D eigenvalue weighted by atomic mass is 32.2. The van der Waals surface area contributed by atoms with Crippen LogP contribution in [0.1, 0.15) is 24.8 Å². The number of aromatic nitrogens is 3. The smallest absolute Gasteiger partial charge is 0.329 e. The zero-order valence-electron chi connectivity index (χ0n) is 10.5. The first-order chi connectivity index (χ1) is 9.65. The lowest BCUT2D eigenvalue weighted by atomic mass is 10.2. The Bertz CT molecular complexity index is 679. The van der Waals surface area contributed by atoms with Crippen LogP contribution in [0.2, 0.25) is 0 Å². The maximum atomic E-state index is 12.0. The first-order valence-electron chi connectivity index (χ1n) is 6.15. The Morgan fingerprint density at radius 3 is 3.00 bits per heavy atom. The SMILES string of the molecule is O=S(=O)(Nc1nnc(C2CCCN2)o1)c1cccnc1. The molecule has 3 rings (SSSR count). The van der Waals surface area contributed by atoms with Crippen LogP contribution in [0, 0.1) is 0 Å². The monoisotopic (exact) mass is 295 g/mol. The van der Waals surface area contributed by atoms with Crippen LogP contribution in [-0.2, 0) is 10.0 Å². The Labute approximate surface area is 115 Å². The molecule has 1 saturated heterocycles. The predicted molar refractivity (Wildman–Crippen MR) is 69.3 cm³/mol. The maximum Gasteiger partial charge on any atom is 0.329 e.